The van der Waals surface area contributed by atoms with Gasteiger partial charge in [-0.15, -0.1) is 0 Å². The molecule has 0 radical (unpaired) electrons. The van der Waals surface area contributed by atoms with Crippen molar-refractivity contribution >= 4 is 0 Å². The van der Waals surface area contributed by atoms with Crippen molar-refractivity contribution in [2.24, 2.45) is 0 Å². The molecular formula is C11H22O4. The smallest absolute Gasteiger partial charge is 0.157 e. The third-order valence-corrected chi connectivity index (χ3v) is 1.78. The van der Waals surface area contributed by atoms with Crippen molar-refractivity contribution in [3.63, 3.8) is 0 Å². The van der Waals surface area contributed by atoms with Gasteiger partial charge in [0.1, 0.15) is 0 Å². The maximum atomic E-state index is 8.44. The first-order chi connectivity index (χ1) is 7.35. The lowest BCUT2D eigenvalue weighted by Gasteiger charge is -2.13. The molecule has 4 nitrogen and oxygen atoms in total. The van der Waals surface area contributed by atoms with Gasteiger partial charge in [0.2, 0.25) is 0 Å². The first-order valence-corrected chi connectivity index (χ1v) is 5.33. The summed E-state index contributed by atoms with van der Waals surface area (Å²) < 4.78 is 15.6. The summed E-state index contributed by atoms with van der Waals surface area (Å²) in [5, 5.41) is 8.44. The molecule has 0 fully saturated rings. The second-order valence-corrected chi connectivity index (χ2v) is 3.06. The van der Waals surface area contributed by atoms with Crippen LogP contribution in [-0.2, 0) is 14.2 Å². The maximum absolute atomic E-state index is 8.44. The summed E-state index contributed by atoms with van der Waals surface area (Å²) >= 11 is 0. The van der Waals surface area contributed by atoms with Crippen LogP contribution in [0.15, 0.2) is 12.2 Å². The summed E-state index contributed by atoms with van der Waals surface area (Å²) in [4.78, 5) is 0. The molecule has 1 unspecified atom stereocenters. The van der Waals surface area contributed by atoms with Crippen LogP contribution in [-0.4, -0.2) is 44.9 Å². The van der Waals surface area contributed by atoms with Gasteiger partial charge in [-0.2, -0.15) is 0 Å². The third-order valence-electron chi connectivity index (χ3n) is 1.78. The average Bonchev–Trinajstić information content (AvgIpc) is 2.26. The monoisotopic (exact) mass is 218 g/mol. The molecule has 4 heteroatoms. The predicted molar refractivity (Wildman–Crippen MR) is 58.7 cm³/mol. The summed E-state index contributed by atoms with van der Waals surface area (Å²) in [7, 11) is 1.65. The van der Waals surface area contributed by atoms with Gasteiger partial charge in [0.05, 0.1) is 26.4 Å². The fourth-order valence-electron chi connectivity index (χ4n) is 1.02. The van der Waals surface area contributed by atoms with E-state index >= 15 is 0 Å². The van der Waals surface area contributed by atoms with Gasteiger partial charge in [0.15, 0.2) is 6.29 Å². The Morgan fingerprint density at radius 3 is 2.60 bits per heavy atom. The van der Waals surface area contributed by atoms with Gasteiger partial charge in [-0.1, -0.05) is 25.5 Å². The molecule has 0 aromatic rings. The van der Waals surface area contributed by atoms with Gasteiger partial charge >= 0.3 is 0 Å². The van der Waals surface area contributed by atoms with Crippen molar-refractivity contribution in [3.8, 4) is 0 Å². The standard InChI is InChI=1S/C11H22O4/c1-3-6-11(13-2)15-9-5-4-8-14-10-7-12/h4-5,11-12H,3,6-10H2,1-2H3/b5-4+. The van der Waals surface area contributed by atoms with E-state index < -0.39 is 0 Å². The zero-order valence-corrected chi connectivity index (χ0v) is 9.65. The van der Waals surface area contributed by atoms with Crippen molar-refractivity contribution in [1.82, 2.24) is 0 Å². The Kier molecular flexibility index (Phi) is 11.3. The number of aliphatic hydroxyl groups is 1. The molecule has 15 heavy (non-hydrogen) atoms. The van der Waals surface area contributed by atoms with Gasteiger partial charge in [0.25, 0.3) is 0 Å². The molecule has 0 aliphatic heterocycles. The minimum atomic E-state index is -0.113. The van der Waals surface area contributed by atoms with Crippen LogP contribution in [0.4, 0.5) is 0 Å². The molecular weight excluding hydrogens is 196 g/mol. The number of hydrogen-bond acceptors (Lipinski definition) is 4. The largest absolute Gasteiger partial charge is 0.394 e. The summed E-state index contributed by atoms with van der Waals surface area (Å²) in [5.74, 6) is 0. The molecule has 0 rings (SSSR count). The maximum Gasteiger partial charge on any atom is 0.157 e. The highest BCUT2D eigenvalue weighted by Crippen LogP contribution is 2.02. The van der Waals surface area contributed by atoms with Crippen LogP contribution in [0, 0.1) is 0 Å². The second-order valence-electron chi connectivity index (χ2n) is 3.06. The van der Waals surface area contributed by atoms with E-state index in [9.17, 15) is 0 Å². The van der Waals surface area contributed by atoms with E-state index in [1.807, 2.05) is 12.2 Å². The van der Waals surface area contributed by atoms with Crippen molar-refractivity contribution < 1.29 is 19.3 Å². The van der Waals surface area contributed by atoms with Gasteiger partial charge < -0.3 is 19.3 Å². The summed E-state index contributed by atoms with van der Waals surface area (Å²) in [6.07, 6.45) is 5.60. The van der Waals surface area contributed by atoms with Gasteiger partial charge in [-0.05, 0) is 6.42 Å². The Morgan fingerprint density at radius 1 is 1.27 bits per heavy atom. The van der Waals surface area contributed by atoms with Crippen LogP contribution in [0.25, 0.3) is 0 Å². The number of methoxy groups -OCH3 is 1. The van der Waals surface area contributed by atoms with E-state index in [0.717, 1.165) is 12.8 Å². The van der Waals surface area contributed by atoms with Crippen LogP contribution >= 0.6 is 0 Å². The Balaban J connectivity index is 3.33. The Labute approximate surface area is 91.8 Å². The lowest BCUT2D eigenvalue weighted by Crippen LogP contribution is -2.14. The molecule has 0 heterocycles. The van der Waals surface area contributed by atoms with E-state index in [0.29, 0.717) is 19.8 Å². The zero-order valence-electron chi connectivity index (χ0n) is 9.65. The third kappa shape index (κ3) is 9.87. The molecule has 0 bridgehead atoms. The first-order valence-electron chi connectivity index (χ1n) is 5.33. The molecule has 0 spiro atoms. The molecule has 0 saturated carbocycles. The van der Waals surface area contributed by atoms with E-state index in [1.54, 1.807) is 7.11 Å². The minimum Gasteiger partial charge on any atom is -0.394 e. The van der Waals surface area contributed by atoms with Crippen LogP contribution in [0.5, 0.6) is 0 Å². The summed E-state index contributed by atoms with van der Waals surface area (Å²) in [6, 6.07) is 0. The quantitative estimate of drug-likeness (QED) is 0.341. The molecule has 0 aliphatic carbocycles. The highest BCUT2D eigenvalue weighted by atomic mass is 16.7. The van der Waals surface area contributed by atoms with Crippen LogP contribution in [0.2, 0.25) is 0 Å². The van der Waals surface area contributed by atoms with Gasteiger partial charge in [0, 0.05) is 7.11 Å². The Bertz CT molecular complexity index is 148. The van der Waals surface area contributed by atoms with Crippen LogP contribution < -0.4 is 0 Å². The Morgan fingerprint density at radius 2 is 2.00 bits per heavy atom. The van der Waals surface area contributed by atoms with Crippen molar-refractivity contribution in [2.75, 3.05) is 33.5 Å². The number of hydrogen-bond donors (Lipinski definition) is 1. The lowest BCUT2D eigenvalue weighted by molar-refractivity contribution is -0.118. The second kappa shape index (κ2) is 11.7. The molecule has 1 atom stereocenters. The zero-order chi connectivity index (χ0) is 11.4. The SMILES string of the molecule is CCCC(OC)OC/C=C/COCCO. The Hall–Kier alpha value is -0.420. The van der Waals surface area contributed by atoms with Crippen LogP contribution in [0.3, 0.4) is 0 Å². The lowest BCUT2D eigenvalue weighted by atomic mass is 10.3. The minimum absolute atomic E-state index is 0.0621. The topological polar surface area (TPSA) is 47.9 Å². The predicted octanol–water partition coefficient (Wildman–Crippen LogP) is 1.34. The normalized spacial score (nSPS) is 13.5. The van der Waals surface area contributed by atoms with Crippen molar-refractivity contribution in [2.45, 2.75) is 26.1 Å². The molecule has 0 aromatic carbocycles. The molecule has 0 aromatic heterocycles. The van der Waals surface area contributed by atoms with Gasteiger partial charge in [-0.3, -0.25) is 0 Å². The molecule has 0 saturated heterocycles. The number of aliphatic hydroxyl groups excluding tert-OH is 1. The van der Waals surface area contributed by atoms with E-state index in [2.05, 4.69) is 6.92 Å². The molecule has 0 amide bonds. The average molecular weight is 218 g/mol. The van der Waals surface area contributed by atoms with Crippen molar-refractivity contribution in [3.05, 3.63) is 12.2 Å². The van der Waals surface area contributed by atoms with E-state index in [1.165, 1.54) is 0 Å². The fraction of sp³-hybridized carbons (Fsp3) is 0.818. The first kappa shape index (κ1) is 14.6. The molecule has 0 aliphatic rings. The number of rotatable bonds is 10. The van der Waals surface area contributed by atoms with E-state index in [-0.39, 0.29) is 12.9 Å². The highest BCUT2D eigenvalue weighted by Gasteiger charge is 2.03. The summed E-state index contributed by atoms with van der Waals surface area (Å²) in [5.41, 5.74) is 0. The van der Waals surface area contributed by atoms with Crippen molar-refractivity contribution in [1.29, 1.82) is 0 Å². The summed E-state index contributed by atoms with van der Waals surface area (Å²) in [6.45, 7) is 3.57. The molecule has 90 valence electrons. The molecule has 1 N–H and O–H groups in total. The van der Waals surface area contributed by atoms with E-state index in [4.69, 9.17) is 19.3 Å². The highest BCUT2D eigenvalue weighted by molar-refractivity contribution is 4.81. The fourth-order valence-corrected chi connectivity index (χ4v) is 1.02. The van der Waals surface area contributed by atoms with Crippen LogP contribution in [0.1, 0.15) is 19.8 Å². The van der Waals surface area contributed by atoms with Gasteiger partial charge in [-0.25, -0.2) is 0 Å². The number of ether oxygens (including phenoxy) is 3.